The molecule has 6 nitrogen and oxygen atoms in total. The molecule has 1 unspecified atom stereocenters. The first kappa shape index (κ1) is 18.0. The topological polar surface area (TPSA) is 54.3 Å². The van der Waals surface area contributed by atoms with Crippen LogP contribution in [-0.2, 0) is 24.7 Å². The number of benzene rings is 1. The molecule has 1 saturated heterocycles. The van der Waals surface area contributed by atoms with Gasteiger partial charge in [0.1, 0.15) is 12.2 Å². The number of anilines is 1. The summed E-state index contributed by atoms with van der Waals surface area (Å²) in [7, 11) is 1.94. The van der Waals surface area contributed by atoms with Crippen LogP contribution in [0.25, 0.3) is 0 Å². The lowest BCUT2D eigenvalue weighted by Crippen LogP contribution is -2.48. The standard InChI is InChI=1S/C21H29N5O/c1-16-14-17-6-3-4-7-19(17)26(16)18-10-12-25(13-11-18)21(27)9-5-8-20-23-22-15-24(20)2/h3-4,6-7,15-16,18H,5,8-14H2,1-2H3. The van der Waals surface area contributed by atoms with Crippen LogP contribution >= 0.6 is 0 Å². The Balaban J connectivity index is 1.27. The average molecular weight is 367 g/mol. The molecule has 1 aromatic heterocycles. The number of aromatic nitrogens is 3. The van der Waals surface area contributed by atoms with Gasteiger partial charge in [0.25, 0.3) is 0 Å². The molecule has 4 rings (SSSR count). The third-order valence-corrected chi connectivity index (χ3v) is 6.07. The summed E-state index contributed by atoms with van der Waals surface area (Å²) in [5.41, 5.74) is 2.87. The van der Waals surface area contributed by atoms with E-state index in [-0.39, 0.29) is 5.91 Å². The van der Waals surface area contributed by atoms with Crippen LogP contribution in [0.2, 0.25) is 0 Å². The van der Waals surface area contributed by atoms with Crippen LogP contribution in [0.5, 0.6) is 0 Å². The number of carbonyl (C=O) groups excluding carboxylic acids is 1. The summed E-state index contributed by atoms with van der Waals surface area (Å²) >= 11 is 0. The number of nitrogens with zero attached hydrogens (tertiary/aromatic N) is 5. The van der Waals surface area contributed by atoms with E-state index >= 15 is 0 Å². The zero-order valence-corrected chi connectivity index (χ0v) is 16.3. The van der Waals surface area contributed by atoms with Crippen LogP contribution in [0, 0.1) is 0 Å². The largest absolute Gasteiger partial charge is 0.365 e. The van der Waals surface area contributed by atoms with Gasteiger partial charge in [-0.1, -0.05) is 18.2 Å². The second-order valence-corrected chi connectivity index (χ2v) is 7.91. The van der Waals surface area contributed by atoms with Crippen molar-refractivity contribution in [1.82, 2.24) is 19.7 Å². The van der Waals surface area contributed by atoms with Gasteiger partial charge >= 0.3 is 0 Å². The minimum Gasteiger partial charge on any atom is -0.365 e. The molecule has 1 aromatic carbocycles. The van der Waals surface area contributed by atoms with Crippen LogP contribution in [-0.4, -0.2) is 50.7 Å². The van der Waals surface area contributed by atoms with Crippen molar-refractivity contribution < 1.29 is 4.79 Å². The van der Waals surface area contributed by atoms with Crippen molar-refractivity contribution in [3.63, 3.8) is 0 Å². The molecule has 0 saturated carbocycles. The van der Waals surface area contributed by atoms with E-state index in [9.17, 15) is 4.79 Å². The summed E-state index contributed by atoms with van der Waals surface area (Å²) in [6, 6.07) is 9.88. The van der Waals surface area contributed by atoms with Crippen molar-refractivity contribution >= 4 is 11.6 Å². The summed E-state index contributed by atoms with van der Waals surface area (Å²) in [6.07, 6.45) is 7.21. The summed E-state index contributed by atoms with van der Waals surface area (Å²) in [6.45, 7) is 4.07. The molecule has 1 amide bonds. The third-order valence-electron chi connectivity index (χ3n) is 6.07. The average Bonchev–Trinajstić information content (AvgIpc) is 3.24. The van der Waals surface area contributed by atoms with Gasteiger partial charge in [-0.15, -0.1) is 10.2 Å². The molecule has 3 heterocycles. The first-order valence-electron chi connectivity index (χ1n) is 10.1. The van der Waals surface area contributed by atoms with Crippen molar-refractivity contribution in [3.05, 3.63) is 42.0 Å². The number of likely N-dealkylation sites (tertiary alicyclic amines) is 1. The van der Waals surface area contributed by atoms with Crippen LogP contribution in [0.3, 0.4) is 0 Å². The Hall–Kier alpha value is -2.37. The third kappa shape index (κ3) is 3.70. The van der Waals surface area contributed by atoms with E-state index in [0.29, 0.717) is 18.5 Å². The second kappa shape index (κ2) is 7.71. The first-order valence-corrected chi connectivity index (χ1v) is 10.1. The van der Waals surface area contributed by atoms with E-state index in [1.807, 2.05) is 11.6 Å². The van der Waals surface area contributed by atoms with Gasteiger partial charge < -0.3 is 14.4 Å². The normalized spacial score (nSPS) is 20.1. The molecule has 1 fully saturated rings. The molecule has 0 bridgehead atoms. The molecule has 6 heteroatoms. The Morgan fingerprint density at radius 1 is 1.22 bits per heavy atom. The predicted molar refractivity (Wildman–Crippen MR) is 106 cm³/mol. The van der Waals surface area contributed by atoms with Crippen molar-refractivity contribution in [2.24, 2.45) is 7.05 Å². The maximum atomic E-state index is 12.6. The van der Waals surface area contributed by atoms with Gasteiger partial charge in [0.15, 0.2) is 0 Å². The smallest absolute Gasteiger partial charge is 0.222 e. The number of aryl methyl sites for hydroxylation is 2. The number of piperidine rings is 1. The fraction of sp³-hybridized carbons (Fsp3) is 0.571. The van der Waals surface area contributed by atoms with E-state index in [4.69, 9.17) is 0 Å². The van der Waals surface area contributed by atoms with Gasteiger partial charge in [-0.2, -0.15) is 0 Å². The van der Waals surface area contributed by atoms with E-state index in [2.05, 4.69) is 51.2 Å². The first-order chi connectivity index (χ1) is 13.1. The molecule has 1 atom stereocenters. The van der Waals surface area contributed by atoms with Gasteiger partial charge in [-0.05, 0) is 44.2 Å². The summed E-state index contributed by atoms with van der Waals surface area (Å²) < 4.78 is 1.92. The minimum absolute atomic E-state index is 0.283. The molecular formula is C21H29N5O. The van der Waals surface area contributed by atoms with E-state index in [1.54, 1.807) is 6.33 Å². The lowest BCUT2D eigenvalue weighted by Gasteiger charge is -2.40. The Kier molecular flexibility index (Phi) is 5.14. The van der Waals surface area contributed by atoms with E-state index in [1.165, 1.54) is 11.3 Å². The highest BCUT2D eigenvalue weighted by atomic mass is 16.2. The SMILES string of the molecule is CC1Cc2ccccc2N1C1CCN(C(=O)CCCc2nncn2C)CC1. The van der Waals surface area contributed by atoms with Gasteiger partial charge in [0, 0.05) is 50.7 Å². The van der Waals surface area contributed by atoms with Gasteiger partial charge in [-0.3, -0.25) is 4.79 Å². The summed E-state index contributed by atoms with van der Waals surface area (Å²) in [5, 5.41) is 7.98. The number of rotatable bonds is 5. The maximum Gasteiger partial charge on any atom is 0.222 e. The molecule has 0 radical (unpaired) electrons. The Bertz CT molecular complexity index is 793. The van der Waals surface area contributed by atoms with Gasteiger partial charge in [0.2, 0.25) is 5.91 Å². The van der Waals surface area contributed by atoms with Crippen LogP contribution in [0.15, 0.2) is 30.6 Å². The zero-order valence-electron chi connectivity index (χ0n) is 16.3. The number of amides is 1. The van der Waals surface area contributed by atoms with Crippen molar-refractivity contribution in [1.29, 1.82) is 0 Å². The number of para-hydroxylation sites is 1. The summed E-state index contributed by atoms with van der Waals surface area (Å²) in [4.78, 5) is 17.2. The van der Waals surface area contributed by atoms with Crippen LogP contribution in [0.1, 0.15) is 44.0 Å². The van der Waals surface area contributed by atoms with E-state index < -0.39 is 0 Å². The highest BCUT2D eigenvalue weighted by Gasteiger charge is 2.34. The van der Waals surface area contributed by atoms with Crippen molar-refractivity contribution in [3.8, 4) is 0 Å². The second-order valence-electron chi connectivity index (χ2n) is 7.91. The van der Waals surface area contributed by atoms with E-state index in [0.717, 1.165) is 51.0 Å². The molecule has 0 spiro atoms. The quantitative estimate of drug-likeness (QED) is 0.815. The molecule has 0 aliphatic carbocycles. The fourth-order valence-electron chi connectivity index (χ4n) is 4.63. The Morgan fingerprint density at radius 2 is 2.00 bits per heavy atom. The highest BCUT2D eigenvalue weighted by molar-refractivity contribution is 5.76. The Labute approximate surface area is 161 Å². The minimum atomic E-state index is 0.283. The fourth-order valence-corrected chi connectivity index (χ4v) is 4.63. The predicted octanol–water partition coefficient (Wildman–Crippen LogP) is 2.58. The van der Waals surface area contributed by atoms with Crippen molar-refractivity contribution in [2.45, 2.75) is 57.5 Å². The van der Waals surface area contributed by atoms with Gasteiger partial charge in [-0.25, -0.2) is 0 Å². The maximum absolute atomic E-state index is 12.6. The van der Waals surface area contributed by atoms with Crippen LogP contribution in [0.4, 0.5) is 5.69 Å². The molecule has 2 aliphatic heterocycles. The number of carbonyl (C=O) groups is 1. The zero-order chi connectivity index (χ0) is 18.8. The van der Waals surface area contributed by atoms with Crippen molar-refractivity contribution in [2.75, 3.05) is 18.0 Å². The lowest BCUT2D eigenvalue weighted by molar-refractivity contribution is -0.132. The molecule has 2 aromatic rings. The number of fused-ring (bicyclic) bond motifs is 1. The summed E-state index contributed by atoms with van der Waals surface area (Å²) in [5.74, 6) is 1.23. The Morgan fingerprint density at radius 3 is 2.74 bits per heavy atom. The number of hydrogen-bond donors (Lipinski definition) is 0. The number of hydrogen-bond acceptors (Lipinski definition) is 4. The molecular weight excluding hydrogens is 338 g/mol. The molecule has 27 heavy (non-hydrogen) atoms. The molecule has 2 aliphatic rings. The highest BCUT2D eigenvalue weighted by Crippen LogP contribution is 2.36. The van der Waals surface area contributed by atoms with Gasteiger partial charge in [0.05, 0.1) is 0 Å². The monoisotopic (exact) mass is 367 g/mol. The molecule has 144 valence electrons. The van der Waals surface area contributed by atoms with Crippen LogP contribution < -0.4 is 4.90 Å². The lowest BCUT2D eigenvalue weighted by atomic mass is 10.0. The molecule has 0 N–H and O–H groups in total.